The van der Waals surface area contributed by atoms with E-state index in [0.29, 0.717) is 5.01 Å². The minimum Gasteiger partial charge on any atom is -0.460 e. The molecule has 0 aliphatic carbocycles. The van der Waals surface area contributed by atoms with Crippen molar-refractivity contribution < 1.29 is 14.6 Å². The van der Waals surface area contributed by atoms with Gasteiger partial charge in [-0.2, -0.15) is 0 Å². The molecule has 1 aromatic heterocycles. The first-order valence-corrected chi connectivity index (χ1v) is 6.61. The molecular formula is C12H20N2O3S. The molecule has 0 unspecified atom stereocenters. The summed E-state index contributed by atoms with van der Waals surface area (Å²) in [7, 11) is 0. The molecule has 1 N–H and O–H groups in total. The van der Waals surface area contributed by atoms with E-state index in [9.17, 15) is 9.90 Å². The van der Waals surface area contributed by atoms with Crippen molar-refractivity contribution in [3.63, 3.8) is 0 Å². The van der Waals surface area contributed by atoms with Crippen molar-refractivity contribution in [1.82, 2.24) is 10.2 Å². The highest BCUT2D eigenvalue weighted by molar-refractivity contribution is 7.11. The Balaban J connectivity index is 2.68. The van der Waals surface area contributed by atoms with Gasteiger partial charge < -0.3 is 9.84 Å². The fourth-order valence-electron chi connectivity index (χ4n) is 1.17. The number of rotatable bonds is 4. The second kappa shape index (κ2) is 5.32. The molecule has 0 aliphatic heterocycles. The van der Waals surface area contributed by atoms with Crippen LogP contribution < -0.4 is 0 Å². The first-order chi connectivity index (χ1) is 8.14. The lowest BCUT2D eigenvalue weighted by Crippen LogP contribution is -2.24. The van der Waals surface area contributed by atoms with Gasteiger partial charge in [0.15, 0.2) is 0 Å². The van der Waals surface area contributed by atoms with Crippen molar-refractivity contribution in [2.45, 2.75) is 52.1 Å². The summed E-state index contributed by atoms with van der Waals surface area (Å²) in [6.07, 6.45) is 0.121. The van der Waals surface area contributed by atoms with E-state index in [1.54, 1.807) is 0 Å². The van der Waals surface area contributed by atoms with Crippen molar-refractivity contribution in [2.24, 2.45) is 0 Å². The van der Waals surface area contributed by atoms with Gasteiger partial charge in [-0.25, -0.2) is 0 Å². The number of hydrogen-bond donors (Lipinski definition) is 1. The molecule has 102 valence electrons. The van der Waals surface area contributed by atoms with Crippen molar-refractivity contribution in [1.29, 1.82) is 0 Å². The first kappa shape index (κ1) is 15.0. The van der Waals surface area contributed by atoms with Gasteiger partial charge in [0.05, 0.1) is 13.0 Å². The predicted molar refractivity (Wildman–Crippen MR) is 69.6 cm³/mol. The maximum atomic E-state index is 11.6. The zero-order chi connectivity index (χ0) is 14.0. The van der Waals surface area contributed by atoms with Crippen LogP contribution in [-0.4, -0.2) is 33.5 Å². The Morgan fingerprint density at radius 3 is 2.39 bits per heavy atom. The molecule has 0 saturated carbocycles. The minimum atomic E-state index is -0.491. The lowest BCUT2D eigenvalue weighted by molar-refractivity contribution is -0.153. The van der Waals surface area contributed by atoms with E-state index in [-0.39, 0.29) is 19.0 Å². The number of ether oxygens (including phenoxy) is 1. The summed E-state index contributed by atoms with van der Waals surface area (Å²) >= 11 is 1.34. The second-order valence-electron chi connectivity index (χ2n) is 5.81. The van der Waals surface area contributed by atoms with Gasteiger partial charge in [-0.05, 0) is 20.8 Å². The summed E-state index contributed by atoms with van der Waals surface area (Å²) in [6, 6.07) is 0. The molecule has 1 rings (SSSR count). The minimum absolute atomic E-state index is 0.00588. The van der Waals surface area contributed by atoms with Crippen LogP contribution in [0.15, 0.2) is 0 Å². The number of aliphatic hydroxyl groups excluding tert-OH is 1. The molecule has 1 heterocycles. The summed E-state index contributed by atoms with van der Waals surface area (Å²) in [5.74, 6) is -0.313. The van der Waals surface area contributed by atoms with Gasteiger partial charge in [0.25, 0.3) is 0 Å². The predicted octanol–water partition coefficient (Wildman–Crippen LogP) is 1.69. The second-order valence-corrected chi connectivity index (χ2v) is 6.87. The van der Waals surface area contributed by atoms with E-state index in [4.69, 9.17) is 4.74 Å². The van der Waals surface area contributed by atoms with Crippen molar-refractivity contribution in [3.05, 3.63) is 10.0 Å². The molecule has 5 nitrogen and oxygen atoms in total. The standard InChI is InChI=1S/C12H20N2O3S/c1-11(2,3)17-9(16)6-8-13-14-10(18-8)12(4,5)7-15/h15H,6-7H2,1-5H3. The van der Waals surface area contributed by atoms with Crippen LogP contribution in [0.1, 0.15) is 44.6 Å². The molecule has 0 saturated heterocycles. The molecule has 0 fully saturated rings. The lowest BCUT2D eigenvalue weighted by atomic mass is 9.96. The fraction of sp³-hybridized carbons (Fsp3) is 0.750. The Hall–Kier alpha value is -1.01. The molecule has 0 atom stereocenters. The molecule has 0 aliphatic rings. The van der Waals surface area contributed by atoms with Crippen LogP contribution in [0.5, 0.6) is 0 Å². The summed E-state index contributed by atoms with van der Waals surface area (Å²) in [5.41, 5.74) is -0.918. The molecule has 18 heavy (non-hydrogen) atoms. The highest BCUT2D eigenvalue weighted by Crippen LogP contribution is 2.26. The van der Waals surface area contributed by atoms with Crippen LogP contribution in [0.3, 0.4) is 0 Å². The van der Waals surface area contributed by atoms with E-state index in [1.807, 2.05) is 34.6 Å². The SMILES string of the molecule is CC(C)(C)OC(=O)Cc1nnc(C(C)(C)CO)s1. The lowest BCUT2D eigenvalue weighted by Gasteiger charge is -2.19. The largest absolute Gasteiger partial charge is 0.460 e. The van der Waals surface area contributed by atoms with E-state index in [1.165, 1.54) is 11.3 Å². The number of hydrogen-bond acceptors (Lipinski definition) is 6. The molecule has 0 amide bonds. The van der Waals surface area contributed by atoms with Crippen molar-refractivity contribution in [3.8, 4) is 0 Å². The molecule has 0 radical (unpaired) electrons. The van der Waals surface area contributed by atoms with Crippen LogP contribution in [0, 0.1) is 0 Å². The van der Waals surface area contributed by atoms with Gasteiger partial charge in [-0.3, -0.25) is 4.79 Å². The van der Waals surface area contributed by atoms with Gasteiger partial charge in [0, 0.05) is 5.41 Å². The topological polar surface area (TPSA) is 72.3 Å². The van der Waals surface area contributed by atoms with Crippen LogP contribution in [0.2, 0.25) is 0 Å². The molecule has 0 aromatic carbocycles. The summed E-state index contributed by atoms with van der Waals surface area (Å²) < 4.78 is 5.21. The van der Waals surface area contributed by atoms with Crippen LogP contribution in [-0.2, 0) is 21.4 Å². The van der Waals surface area contributed by atoms with Crippen molar-refractivity contribution >= 4 is 17.3 Å². The zero-order valence-corrected chi connectivity index (χ0v) is 12.3. The van der Waals surface area contributed by atoms with E-state index >= 15 is 0 Å². The summed E-state index contributed by atoms with van der Waals surface area (Å²) in [5, 5.41) is 18.5. The Labute approximate surface area is 111 Å². The number of carbonyl (C=O) groups excluding carboxylic acids is 1. The monoisotopic (exact) mass is 272 g/mol. The number of carbonyl (C=O) groups is 1. The summed E-state index contributed by atoms with van der Waals surface area (Å²) in [6.45, 7) is 9.23. The highest BCUT2D eigenvalue weighted by atomic mass is 32.1. The smallest absolute Gasteiger partial charge is 0.313 e. The number of esters is 1. The van der Waals surface area contributed by atoms with Crippen LogP contribution in [0.4, 0.5) is 0 Å². The van der Waals surface area contributed by atoms with Crippen LogP contribution >= 0.6 is 11.3 Å². The average Bonchev–Trinajstić information content (AvgIpc) is 2.63. The van der Waals surface area contributed by atoms with Gasteiger partial charge >= 0.3 is 5.97 Å². The van der Waals surface area contributed by atoms with Crippen molar-refractivity contribution in [2.75, 3.05) is 6.61 Å². The molecule has 0 bridgehead atoms. The third-order valence-electron chi connectivity index (χ3n) is 2.16. The van der Waals surface area contributed by atoms with E-state index in [0.717, 1.165) is 5.01 Å². The Kier molecular flexibility index (Phi) is 4.45. The Bertz CT molecular complexity index is 421. The van der Waals surface area contributed by atoms with Gasteiger partial charge in [0.2, 0.25) is 0 Å². The number of aliphatic hydroxyl groups is 1. The third kappa shape index (κ3) is 4.34. The quantitative estimate of drug-likeness (QED) is 0.844. The maximum Gasteiger partial charge on any atom is 0.313 e. The van der Waals surface area contributed by atoms with E-state index in [2.05, 4.69) is 10.2 Å². The average molecular weight is 272 g/mol. The number of aromatic nitrogens is 2. The Morgan fingerprint density at radius 1 is 1.28 bits per heavy atom. The van der Waals surface area contributed by atoms with Crippen LogP contribution in [0.25, 0.3) is 0 Å². The first-order valence-electron chi connectivity index (χ1n) is 5.79. The molecule has 6 heteroatoms. The molecule has 1 aromatic rings. The third-order valence-corrected chi connectivity index (χ3v) is 3.45. The highest BCUT2D eigenvalue weighted by Gasteiger charge is 2.25. The zero-order valence-electron chi connectivity index (χ0n) is 11.5. The van der Waals surface area contributed by atoms with Gasteiger partial charge in [0.1, 0.15) is 15.6 Å². The van der Waals surface area contributed by atoms with Gasteiger partial charge in [-0.1, -0.05) is 13.8 Å². The Morgan fingerprint density at radius 2 is 1.89 bits per heavy atom. The number of nitrogens with zero attached hydrogens (tertiary/aromatic N) is 2. The molecule has 0 spiro atoms. The van der Waals surface area contributed by atoms with Gasteiger partial charge in [-0.15, -0.1) is 21.5 Å². The normalized spacial score (nSPS) is 12.6. The molecular weight excluding hydrogens is 252 g/mol. The fourth-order valence-corrected chi connectivity index (χ4v) is 2.08. The summed E-state index contributed by atoms with van der Waals surface area (Å²) in [4.78, 5) is 11.6. The van der Waals surface area contributed by atoms with E-state index < -0.39 is 11.0 Å². The maximum absolute atomic E-state index is 11.6.